The van der Waals surface area contributed by atoms with Crippen LogP contribution in [0.25, 0.3) is 0 Å². The van der Waals surface area contributed by atoms with E-state index in [0.29, 0.717) is 0 Å². The van der Waals surface area contributed by atoms with E-state index in [4.69, 9.17) is 0 Å². The predicted octanol–water partition coefficient (Wildman–Crippen LogP) is 3.37. The SMILES string of the molecule is C=C(C)C1CCc2ccccc2C1. The summed E-state index contributed by atoms with van der Waals surface area (Å²) in [7, 11) is 0. The molecule has 0 bridgehead atoms. The molecule has 1 aromatic carbocycles. The van der Waals surface area contributed by atoms with E-state index < -0.39 is 0 Å². The second-order valence-corrected chi connectivity index (χ2v) is 4.05. The smallest absolute Gasteiger partial charge is 0.0165 e. The summed E-state index contributed by atoms with van der Waals surface area (Å²) < 4.78 is 0. The Morgan fingerprint density at radius 3 is 2.69 bits per heavy atom. The fourth-order valence-corrected chi connectivity index (χ4v) is 2.12. The summed E-state index contributed by atoms with van der Waals surface area (Å²) in [4.78, 5) is 0. The topological polar surface area (TPSA) is 0 Å². The first-order valence-electron chi connectivity index (χ1n) is 4.99. The number of hydrogen-bond acceptors (Lipinski definition) is 0. The van der Waals surface area contributed by atoms with E-state index in [9.17, 15) is 0 Å². The summed E-state index contributed by atoms with van der Waals surface area (Å²) >= 11 is 0. The van der Waals surface area contributed by atoms with Gasteiger partial charge in [-0.05, 0) is 43.2 Å². The van der Waals surface area contributed by atoms with Gasteiger partial charge in [0.25, 0.3) is 0 Å². The van der Waals surface area contributed by atoms with Crippen LogP contribution in [0.4, 0.5) is 0 Å². The quantitative estimate of drug-likeness (QED) is 0.570. The first-order valence-corrected chi connectivity index (χ1v) is 4.99. The minimum absolute atomic E-state index is 0.717. The van der Waals surface area contributed by atoms with Gasteiger partial charge in [0.1, 0.15) is 0 Å². The summed E-state index contributed by atoms with van der Waals surface area (Å²) in [6.45, 7) is 6.20. The summed E-state index contributed by atoms with van der Waals surface area (Å²) in [6.07, 6.45) is 3.71. The molecule has 0 amide bonds. The summed E-state index contributed by atoms with van der Waals surface area (Å²) in [5.41, 5.74) is 4.41. The van der Waals surface area contributed by atoms with Crippen LogP contribution in [-0.2, 0) is 12.8 Å². The van der Waals surface area contributed by atoms with Crippen molar-refractivity contribution >= 4 is 0 Å². The zero-order valence-corrected chi connectivity index (χ0v) is 8.22. The average molecular weight is 172 g/mol. The van der Waals surface area contributed by atoms with E-state index in [1.807, 2.05) is 0 Å². The van der Waals surface area contributed by atoms with Crippen LogP contribution in [0.2, 0.25) is 0 Å². The molecule has 1 aromatic rings. The van der Waals surface area contributed by atoms with Crippen LogP contribution < -0.4 is 0 Å². The number of benzene rings is 1. The molecule has 0 spiro atoms. The Hall–Kier alpha value is -1.04. The third-order valence-electron chi connectivity index (χ3n) is 3.04. The van der Waals surface area contributed by atoms with Gasteiger partial charge in [-0.15, -0.1) is 0 Å². The van der Waals surface area contributed by atoms with Crippen molar-refractivity contribution in [2.45, 2.75) is 26.2 Å². The molecule has 1 unspecified atom stereocenters. The molecule has 0 nitrogen and oxygen atoms in total. The summed E-state index contributed by atoms with van der Waals surface area (Å²) in [5.74, 6) is 0.717. The lowest BCUT2D eigenvalue weighted by molar-refractivity contribution is 0.527. The highest BCUT2D eigenvalue weighted by atomic mass is 14.2. The second kappa shape index (κ2) is 3.37. The van der Waals surface area contributed by atoms with E-state index in [1.165, 1.54) is 30.4 Å². The minimum atomic E-state index is 0.717. The summed E-state index contributed by atoms with van der Waals surface area (Å²) in [6, 6.07) is 8.79. The van der Waals surface area contributed by atoms with Crippen LogP contribution in [-0.4, -0.2) is 0 Å². The Balaban J connectivity index is 2.24. The molecular formula is C13H16. The molecular weight excluding hydrogens is 156 g/mol. The van der Waals surface area contributed by atoms with Gasteiger partial charge < -0.3 is 0 Å². The van der Waals surface area contributed by atoms with Crippen molar-refractivity contribution in [2.75, 3.05) is 0 Å². The van der Waals surface area contributed by atoms with Crippen molar-refractivity contribution in [3.63, 3.8) is 0 Å². The fourth-order valence-electron chi connectivity index (χ4n) is 2.12. The number of allylic oxidation sites excluding steroid dienone is 1. The van der Waals surface area contributed by atoms with E-state index in [0.717, 1.165) is 5.92 Å². The molecule has 0 N–H and O–H groups in total. The molecule has 0 radical (unpaired) electrons. The van der Waals surface area contributed by atoms with Gasteiger partial charge in [0.15, 0.2) is 0 Å². The molecule has 1 aliphatic rings. The van der Waals surface area contributed by atoms with E-state index in [2.05, 4.69) is 37.8 Å². The Bertz CT molecular complexity index is 323. The van der Waals surface area contributed by atoms with Crippen molar-refractivity contribution in [1.82, 2.24) is 0 Å². The molecule has 13 heavy (non-hydrogen) atoms. The average Bonchev–Trinajstić information content (AvgIpc) is 2.17. The predicted molar refractivity (Wildman–Crippen MR) is 56.8 cm³/mol. The van der Waals surface area contributed by atoms with Crippen molar-refractivity contribution in [2.24, 2.45) is 5.92 Å². The van der Waals surface area contributed by atoms with Crippen molar-refractivity contribution < 1.29 is 0 Å². The van der Waals surface area contributed by atoms with Crippen LogP contribution in [0.5, 0.6) is 0 Å². The van der Waals surface area contributed by atoms with Gasteiger partial charge >= 0.3 is 0 Å². The van der Waals surface area contributed by atoms with E-state index in [-0.39, 0.29) is 0 Å². The molecule has 0 aliphatic heterocycles. The molecule has 1 atom stereocenters. The lowest BCUT2D eigenvalue weighted by atomic mass is 9.81. The molecule has 0 aromatic heterocycles. The van der Waals surface area contributed by atoms with Gasteiger partial charge in [-0.25, -0.2) is 0 Å². The molecule has 0 saturated heterocycles. The van der Waals surface area contributed by atoms with Crippen LogP contribution in [0, 0.1) is 5.92 Å². The van der Waals surface area contributed by atoms with Gasteiger partial charge in [0.2, 0.25) is 0 Å². The number of fused-ring (bicyclic) bond motifs is 1. The molecule has 2 rings (SSSR count). The van der Waals surface area contributed by atoms with Crippen LogP contribution in [0.1, 0.15) is 24.5 Å². The molecule has 0 fully saturated rings. The van der Waals surface area contributed by atoms with Gasteiger partial charge in [-0.1, -0.05) is 36.4 Å². The Labute approximate surface area is 80.3 Å². The summed E-state index contributed by atoms with van der Waals surface area (Å²) in [5, 5.41) is 0. The van der Waals surface area contributed by atoms with Gasteiger partial charge in [0, 0.05) is 0 Å². The lowest BCUT2D eigenvalue weighted by Crippen LogP contribution is -2.14. The van der Waals surface area contributed by atoms with Crippen LogP contribution >= 0.6 is 0 Å². The third kappa shape index (κ3) is 1.67. The largest absolute Gasteiger partial charge is 0.0998 e. The first kappa shape index (κ1) is 8.55. The van der Waals surface area contributed by atoms with Crippen molar-refractivity contribution in [1.29, 1.82) is 0 Å². The normalized spacial score (nSPS) is 20.8. The van der Waals surface area contributed by atoms with E-state index in [1.54, 1.807) is 5.56 Å². The standard InChI is InChI=1S/C13H16/c1-10(2)12-8-7-11-5-3-4-6-13(11)9-12/h3-6,12H,1,7-9H2,2H3. The van der Waals surface area contributed by atoms with Gasteiger partial charge in [0.05, 0.1) is 0 Å². The maximum absolute atomic E-state index is 4.05. The number of rotatable bonds is 1. The molecule has 0 heteroatoms. The lowest BCUT2D eigenvalue weighted by Gasteiger charge is -2.24. The molecule has 68 valence electrons. The monoisotopic (exact) mass is 172 g/mol. The zero-order chi connectivity index (χ0) is 9.26. The Kier molecular flexibility index (Phi) is 2.22. The highest BCUT2D eigenvalue weighted by Gasteiger charge is 2.17. The zero-order valence-electron chi connectivity index (χ0n) is 8.22. The highest BCUT2D eigenvalue weighted by Crippen LogP contribution is 2.28. The Morgan fingerprint density at radius 2 is 2.00 bits per heavy atom. The number of aryl methyl sites for hydroxylation is 1. The minimum Gasteiger partial charge on any atom is -0.0998 e. The Morgan fingerprint density at radius 1 is 1.31 bits per heavy atom. The van der Waals surface area contributed by atoms with Crippen LogP contribution in [0.3, 0.4) is 0 Å². The number of hydrogen-bond donors (Lipinski definition) is 0. The van der Waals surface area contributed by atoms with E-state index >= 15 is 0 Å². The van der Waals surface area contributed by atoms with Crippen molar-refractivity contribution in [3.05, 3.63) is 47.5 Å². The highest BCUT2D eigenvalue weighted by molar-refractivity contribution is 5.31. The second-order valence-electron chi connectivity index (χ2n) is 4.05. The first-order chi connectivity index (χ1) is 6.27. The van der Waals surface area contributed by atoms with Crippen LogP contribution in [0.15, 0.2) is 36.4 Å². The van der Waals surface area contributed by atoms with Gasteiger partial charge in [-0.2, -0.15) is 0 Å². The molecule has 0 saturated carbocycles. The fraction of sp³-hybridized carbons (Fsp3) is 0.385. The van der Waals surface area contributed by atoms with Gasteiger partial charge in [-0.3, -0.25) is 0 Å². The molecule has 0 heterocycles. The van der Waals surface area contributed by atoms with Crippen molar-refractivity contribution in [3.8, 4) is 0 Å². The maximum Gasteiger partial charge on any atom is -0.0165 e. The maximum atomic E-state index is 4.05. The molecule has 1 aliphatic carbocycles. The third-order valence-corrected chi connectivity index (χ3v) is 3.04.